The van der Waals surface area contributed by atoms with Gasteiger partial charge in [-0.15, -0.1) is 0 Å². The van der Waals surface area contributed by atoms with Gasteiger partial charge in [-0.05, 0) is 30.9 Å². The Morgan fingerprint density at radius 3 is 2.36 bits per heavy atom. The lowest BCUT2D eigenvalue weighted by atomic mass is 9.86. The predicted octanol–water partition coefficient (Wildman–Crippen LogP) is 2.74. The number of carbonyl (C=O) groups is 1. The quantitative estimate of drug-likeness (QED) is 0.881. The van der Waals surface area contributed by atoms with E-state index in [0.29, 0.717) is 19.3 Å². The fraction of sp³-hybridized carbons (Fsp3) is 0.600. The third-order valence-corrected chi connectivity index (χ3v) is 4.76. The molecule has 1 atom stereocenters. The van der Waals surface area contributed by atoms with E-state index in [9.17, 15) is 10.1 Å². The Morgan fingerprint density at radius 1 is 1.32 bits per heavy atom. The van der Waals surface area contributed by atoms with Gasteiger partial charge in [-0.1, -0.05) is 38.5 Å². The van der Waals surface area contributed by atoms with E-state index in [0.717, 1.165) is 18.8 Å². The van der Waals surface area contributed by atoms with Gasteiger partial charge in [0.25, 0.3) is 0 Å². The van der Waals surface area contributed by atoms with Gasteiger partial charge in [-0.25, -0.2) is 0 Å². The Bertz CT molecular complexity index is 631. The van der Waals surface area contributed by atoms with Gasteiger partial charge in [-0.3, -0.25) is 4.79 Å². The van der Waals surface area contributed by atoms with Gasteiger partial charge in [0.05, 0.1) is 12.1 Å². The first-order chi connectivity index (χ1) is 11.6. The van der Waals surface area contributed by atoms with Crippen LogP contribution in [0.15, 0.2) is 24.3 Å². The first-order valence-corrected chi connectivity index (χ1v) is 8.95. The molecule has 5 heteroatoms. The van der Waals surface area contributed by atoms with Crippen molar-refractivity contribution < 1.29 is 4.79 Å². The van der Waals surface area contributed by atoms with E-state index in [-0.39, 0.29) is 11.3 Å². The summed E-state index contributed by atoms with van der Waals surface area (Å²) in [4.78, 5) is 14.7. The smallest absolute Gasteiger partial charge is 0.238 e. The highest BCUT2D eigenvalue weighted by atomic mass is 16.2. The molecule has 0 saturated carbocycles. The van der Waals surface area contributed by atoms with E-state index in [1.165, 1.54) is 5.56 Å². The highest BCUT2D eigenvalue weighted by Crippen LogP contribution is 2.27. The molecule has 1 heterocycles. The van der Waals surface area contributed by atoms with E-state index in [2.05, 4.69) is 68.2 Å². The van der Waals surface area contributed by atoms with Crippen molar-refractivity contribution in [1.29, 1.82) is 5.26 Å². The van der Waals surface area contributed by atoms with Crippen molar-refractivity contribution in [3.63, 3.8) is 0 Å². The Labute approximate surface area is 151 Å². The molecule has 1 amide bonds. The molecule has 1 unspecified atom stereocenters. The van der Waals surface area contributed by atoms with Crippen LogP contribution >= 0.6 is 0 Å². The van der Waals surface area contributed by atoms with E-state index in [1.807, 2.05) is 0 Å². The lowest BCUT2D eigenvalue weighted by Crippen LogP contribution is -2.58. The summed E-state index contributed by atoms with van der Waals surface area (Å²) in [6.07, 6.45) is 1.80. The van der Waals surface area contributed by atoms with E-state index in [4.69, 9.17) is 5.73 Å². The molecule has 25 heavy (non-hydrogen) atoms. The molecule has 0 radical (unpaired) electrons. The summed E-state index contributed by atoms with van der Waals surface area (Å²) < 4.78 is 0. The average molecular weight is 342 g/mol. The summed E-state index contributed by atoms with van der Waals surface area (Å²) in [6.45, 7) is 9.72. The minimum atomic E-state index is -0.812. The highest BCUT2D eigenvalue weighted by Gasteiger charge is 2.37. The van der Waals surface area contributed by atoms with Crippen molar-refractivity contribution in [3.05, 3.63) is 29.8 Å². The third kappa shape index (κ3) is 5.20. The van der Waals surface area contributed by atoms with Gasteiger partial charge < -0.3 is 16.0 Å². The molecule has 3 N–H and O–H groups in total. The number of nitriles is 1. The number of amides is 1. The molecule has 1 aromatic carbocycles. The van der Waals surface area contributed by atoms with Gasteiger partial charge in [-0.2, -0.15) is 5.26 Å². The zero-order chi connectivity index (χ0) is 18.7. The molecule has 0 aromatic heterocycles. The van der Waals surface area contributed by atoms with Crippen molar-refractivity contribution in [2.75, 3.05) is 18.0 Å². The molecular formula is C20H30N4O. The van der Waals surface area contributed by atoms with Crippen LogP contribution in [-0.2, 0) is 4.79 Å². The number of nitrogens with one attached hydrogen (secondary N) is 1. The van der Waals surface area contributed by atoms with Crippen molar-refractivity contribution in [2.45, 2.75) is 58.5 Å². The topological polar surface area (TPSA) is 82.2 Å². The predicted molar refractivity (Wildman–Crippen MR) is 101 cm³/mol. The minimum absolute atomic E-state index is 0.0225. The van der Waals surface area contributed by atoms with Crippen LogP contribution in [0.1, 0.15) is 45.6 Å². The molecular weight excluding hydrogens is 312 g/mol. The van der Waals surface area contributed by atoms with E-state index >= 15 is 0 Å². The van der Waals surface area contributed by atoms with Crippen LogP contribution in [0.5, 0.6) is 0 Å². The zero-order valence-corrected chi connectivity index (χ0v) is 15.8. The molecule has 1 aromatic rings. The lowest BCUT2D eigenvalue weighted by molar-refractivity contribution is -0.124. The number of hydrogen-bond acceptors (Lipinski definition) is 4. The molecule has 1 aliphatic heterocycles. The molecule has 5 nitrogen and oxygen atoms in total. The lowest BCUT2D eigenvalue weighted by Gasteiger charge is -2.39. The van der Waals surface area contributed by atoms with Crippen LogP contribution in [0.4, 0.5) is 5.69 Å². The van der Waals surface area contributed by atoms with E-state index in [1.54, 1.807) is 0 Å². The van der Waals surface area contributed by atoms with Crippen LogP contribution in [-0.4, -0.2) is 30.6 Å². The summed E-state index contributed by atoms with van der Waals surface area (Å²) in [5, 5.41) is 12.6. The summed E-state index contributed by atoms with van der Waals surface area (Å²) in [6, 6.07) is 10.1. The summed E-state index contributed by atoms with van der Waals surface area (Å²) in [5.41, 5.74) is 7.59. The Balaban J connectivity index is 1.98. The molecule has 136 valence electrons. The Kier molecular flexibility index (Phi) is 5.74. The molecule has 0 spiro atoms. The second-order valence-corrected chi connectivity index (χ2v) is 8.38. The number of benzene rings is 1. The van der Waals surface area contributed by atoms with Crippen LogP contribution in [0.3, 0.4) is 0 Å². The van der Waals surface area contributed by atoms with Crippen molar-refractivity contribution in [2.24, 2.45) is 11.1 Å². The van der Waals surface area contributed by atoms with Gasteiger partial charge in [0.1, 0.15) is 5.54 Å². The SMILES string of the molecule is Cc1ccc(N2CCC(C#N)(NC(=O)C(N)CC(C)(C)C)CC2)cc1. The van der Waals surface area contributed by atoms with Crippen molar-refractivity contribution in [1.82, 2.24) is 5.32 Å². The second kappa shape index (κ2) is 7.45. The molecule has 2 rings (SSSR count). The van der Waals surface area contributed by atoms with Gasteiger partial charge >= 0.3 is 0 Å². The highest BCUT2D eigenvalue weighted by molar-refractivity contribution is 5.82. The monoisotopic (exact) mass is 342 g/mol. The minimum Gasteiger partial charge on any atom is -0.371 e. The number of anilines is 1. The molecule has 0 aliphatic carbocycles. The number of nitrogens with two attached hydrogens (primary N) is 1. The first-order valence-electron chi connectivity index (χ1n) is 8.95. The first kappa shape index (κ1) is 19.3. The standard InChI is InChI=1S/C20H30N4O/c1-15-5-7-16(8-6-15)24-11-9-20(14-21,10-12-24)23-18(25)17(22)13-19(2,3)4/h5-8,17H,9-13,22H2,1-4H3,(H,23,25). The molecule has 0 bridgehead atoms. The fourth-order valence-corrected chi connectivity index (χ4v) is 3.25. The van der Waals surface area contributed by atoms with Crippen LogP contribution in [0.25, 0.3) is 0 Å². The van der Waals surface area contributed by atoms with Crippen LogP contribution in [0.2, 0.25) is 0 Å². The van der Waals surface area contributed by atoms with E-state index < -0.39 is 11.6 Å². The maximum atomic E-state index is 12.4. The van der Waals surface area contributed by atoms with Crippen molar-refractivity contribution >= 4 is 11.6 Å². The second-order valence-electron chi connectivity index (χ2n) is 8.38. The van der Waals surface area contributed by atoms with Gasteiger partial charge in [0, 0.05) is 31.6 Å². The maximum Gasteiger partial charge on any atom is 0.238 e. The van der Waals surface area contributed by atoms with Gasteiger partial charge in [0.15, 0.2) is 0 Å². The normalized spacial score (nSPS) is 18.3. The Morgan fingerprint density at radius 2 is 1.88 bits per heavy atom. The number of hydrogen-bond donors (Lipinski definition) is 2. The maximum absolute atomic E-state index is 12.4. The van der Waals surface area contributed by atoms with Crippen LogP contribution < -0.4 is 16.0 Å². The summed E-state index contributed by atoms with van der Waals surface area (Å²) in [7, 11) is 0. The third-order valence-electron chi connectivity index (χ3n) is 4.76. The fourth-order valence-electron chi connectivity index (χ4n) is 3.25. The summed E-state index contributed by atoms with van der Waals surface area (Å²) in [5.74, 6) is -0.222. The number of aryl methyl sites for hydroxylation is 1. The zero-order valence-electron chi connectivity index (χ0n) is 15.8. The molecule has 1 fully saturated rings. The Hall–Kier alpha value is -2.06. The average Bonchev–Trinajstić information content (AvgIpc) is 2.55. The largest absolute Gasteiger partial charge is 0.371 e. The number of carbonyl (C=O) groups excluding carboxylic acids is 1. The van der Waals surface area contributed by atoms with Crippen molar-refractivity contribution in [3.8, 4) is 6.07 Å². The molecule has 1 aliphatic rings. The number of rotatable bonds is 4. The summed E-state index contributed by atoms with van der Waals surface area (Å²) >= 11 is 0. The number of piperidine rings is 1. The number of nitrogens with zero attached hydrogens (tertiary/aromatic N) is 2. The van der Waals surface area contributed by atoms with Gasteiger partial charge in [0.2, 0.25) is 5.91 Å². The molecule has 1 saturated heterocycles. The van der Waals surface area contributed by atoms with Crippen LogP contribution in [0, 0.1) is 23.7 Å².